The Morgan fingerprint density at radius 3 is 2.52 bits per heavy atom. The van der Waals surface area contributed by atoms with E-state index in [9.17, 15) is 26.4 Å². The third-order valence-corrected chi connectivity index (χ3v) is 7.00. The quantitative estimate of drug-likeness (QED) is 0.734. The number of nitrogens with zero attached hydrogens (tertiary/aromatic N) is 1. The number of alkyl halides is 3. The lowest BCUT2D eigenvalue weighted by Crippen LogP contribution is -2.40. The Labute approximate surface area is 159 Å². The summed E-state index contributed by atoms with van der Waals surface area (Å²) in [5.41, 5.74) is -0.374. The highest BCUT2D eigenvalue weighted by molar-refractivity contribution is 7.92. The minimum absolute atomic E-state index is 0.0918. The third kappa shape index (κ3) is 4.32. The van der Waals surface area contributed by atoms with Gasteiger partial charge in [0.15, 0.2) is 9.84 Å². The Balaban J connectivity index is 1.67. The van der Waals surface area contributed by atoms with Crippen LogP contribution in [0.5, 0.6) is 0 Å². The first-order chi connectivity index (χ1) is 12.6. The number of hydrogen-bond donors (Lipinski definition) is 0. The summed E-state index contributed by atoms with van der Waals surface area (Å²) < 4.78 is 63.5. The van der Waals surface area contributed by atoms with Crippen molar-refractivity contribution >= 4 is 27.2 Å². The Morgan fingerprint density at radius 2 is 1.89 bits per heavy atom. The molecule has 0 N–H and O–H groups in total. The molecule has 0 saturated heterocycles. The Bertz CT molecular complexity index is 970. The lowest BCUT2D eigenvalue weighted by molar-refractivity contribution is -0.137. The van der Waals surface area contributed by atoms with Gasteiger partial charge in [-0.3, -0.25) is 9.78 Å². The largest absolute Gasteiger partial charge is 0.416 e. The van der Waals surface area contributed by atoms with Gasteiger partial charge >= 0.3 is 6.18 Å². The number of hydrogen-bond acceptors (Lipinski definition) is 4. The van der Waals surface area contributed by atoms with Crippen molar-refractivity contribution in [3.8, 4) is 0 Å². The van der Waals surface area contributed by atoms with Crippen molar-refractivity contribution in [1.82, 2.24) is 4.98 Å². The van der Waals surface area contributed by atoms with Crippen LogP contribution < -0.4 is 0 Å². The van der Waals surface area contributed by atoms with Gasteiger partial charge in [0.1, 0.15) is 5.78 Å². The van der Waals surface area contributed by atoms with E-state index in [1.807, 2.05) is 0 Å². The molecule has 9 heteroatoms. The monoisotopic (exact) mass is 417 g/mol. The van der Waals surface area contributed by atoms with Crippen LogP contribution in [0.3, 0.4) is 0 Å². The molecule has 0 aliphatic heterocycles. The number of pyridine rings is 1. The average Bonchev–Trinajstić information content (AvgIpc) is 2.52. The van der Waals surface area contributed by atoms with Crippen LogP contribution in [0.15, 0.2) is 47.6 Å². The molecule has 0 amide bonds. The van der Waals surface area contributed by atoms with E-state index in [0.717, 1.165) is 18.2 Å². The molecule has 144 valence electrons. The number of carbonyl (C=O) groups is 1. The topological polar surface area (TPSA) is 64.1 Å². The molecule has 0 unspecified atom stereocenters. The minimum atomic E-state index is -4.62. The fourth-order valence-corrected chi connectivity index (χ4v) is 5.13. The molecule has 0 atom stereocenters. The van der Waals surface area contributed by atoms with Gasteiger partial charge in [0, 0.05) is 24.7 Å². The first kappa shape index (κ1) is 19.8. The van der Waals surface area contributed by atoms with Crippen LogP contribution in [0.4, 0.5) is 13.2 Å². The molecule has 27 heavy (non-hydrogen) atoms. The molecule has 1 aromatic carbocycles. The van der Waals surface area contributed by atoms with Gasteiger partial charge in [-0.2, -0.15) is 13.2 Å². The van der Waals surface area contributed by atoms with E-state index in [1.54, 1.807) is 6.07 Å². The van der Waals surface area contributed by atoms with Crippen molar-refractivity contribution in [3.05, 3.63) is 58.9 Å². The lowest BCUT2D eigenvalue weighted by Gasteiger charge is -2.33. The number of aromatic nitrogens is 1. The Kier molecular flexibility index (Phi) is 5.31. The molecule has 1 aliphatic carbocycles. The Hall–Kier alpha value is -1.93. The highest BCUT2D eigenvalue weighted by Crippen LogP contribution is 2.39. The molecule has 0 spiro atoms. The zero-order valence-electron chi connectivity index (χ0n) is 13.9. The van der Waals surface area contributed by atoms with Crippen molar-refractivity contribution in [2.24, 2.45) is 5.92 Å². The molecule has 0 radical (unpaired) electrons. The average molecular weight is 418 g/mol. The molecule has 1 aliphatic rings. The molecule has 1 fully saturated rings. The van der Waals surface area contributed by atoms with Crippen LogP contribution in [0.25, 0.3) is 0 Å². The van der Waals surface area contributed by atoms with Crippen molar-refractivity contribution < 1.29 is 26.4 Å². The lowest BCUT2D eigenvalue weighted by atomic mass is 9.80. The second kappa shape index (κ2) is 7.24. The van der Waals surface area contributed by atoms with Crippen LogP contribution in [0.1, 0.15) is 24.0 Å². The van der Waals surface area contributed by atoms with E-state index < -0.39 is 32.7 Å². The summed E-state index contributed by atoms with van der Waals surface area (Å²) in [6, 6.07) is 5.30. The number of halogens is 4. The van der Waals surface area contributed by atoms with E-state index in [0.29, 0.717) is 16.7 Å². The van der Waals surface area contributed by atoms with Crippen molar-refractivity contribution in [3.63, 3.8) is 0 Å². The highest BCUT2D eigenvalue weighted by atomic mass is 35.5. The first-order valence-electron chi connectivity index (χ1n) is 8.10. The maximum Gasteiger partial charge on any atom is 0.416 e. The molecule has 4 nitrogen and oxygen atoms in total. The maximum atomic E-state index is 12.8. The molecule has 1 saturated carbocycles. The SMILES string of the molecule is O=C(Cc1cncc(Cl)c1)C1CC(S(=O)(=O)c2cccc(C(F)(F)F)c2)C1. The molecule has 3 rings (SSSR count). The predicted molar refractivity (Wildman–Crippen MR) is 93.1 cm³/mol. The van der Waals surface area contributed by atoms with E-state index in [1.165, 1.54) is 12.4 Å². The van der Waals surface area contributed by atoms with Gasteiger partial charge < -0.3 is 0 Å². The van der Waals surface area contributed by atoms with Crippen LogP contribution in [0, 0.1) is 5.92 Å². The smallest absolute Gasteiger partial charge is 0.299 e. The Morgan fingerprint density at radius 1 is 1.19 bits per heavy atom. The van der Waals surface area contributed by atoms with Crippen LogP contribution in [-0.4, -0.2) is 24.4 Å². The third-order valence-electron chi connectivity index (χ3n) is 4.62. The number of benzene rings is 1. The van der Waals surface area contributed by atoms with Gasteiger partial charge in [0.25, 0.3) is 0 Å². The second-order valence-corrected chi connectivity index (χ2v) is 9.18. The summed E-state index contributed by atoms with van der Waals surface area (Å²) in [5.74, 6) is -0.566. The van der Waals surface area contributed by atoms with Crippen LogP contribution in [0.2, 0.25) is 5.02 Å². The highest BCUT2D eigenvalue weighted by Gasteiger charge is 2.43. The van der Waals surface area contributed by atoms with E-state index in [2.05, 4.69) is 4.98 Å². The van der Waals surface area contributed by atoms with Crippen molar-refractivity contribution in [1.29, 1.82) is 0 Å². The minimum Gasteiger partial charge on any atom is -0.299 e. The van der Waals surface area contributed by atoms with Gasteiger partial charge in [-0.1, -0.05) is 17.7 Å². The van der Waals surface area contributed by atoms with Gasteiger partial charge in [0.05, 0.1) is 20.7 Å². The summed E-state index contributed by atoms with van der Waals surface area (Å²) in [6.07, 6.45) is -1.37. The standard InChI is InChI=1S/C18H15ClF3NO3S/c19-14-4-11(9-23-10-14)5-17(24)12-6-16(7-12)27(25,26)15-3-1-2-13(8-15)18(20,21)22/h1-4,8-10,12,16H,5-7H2. The summed E-state index contributed by atoms with van der Waals surface area (Å²) in [5, 5.41) is -0.452. The predicted octanol–water partition coefficient (Wildman–Crippen LogP) is 4.12. The summed E-state index contributed by atoms with van der Waals surface area (Å²) in [6.45, 7) is 0. The molecule has 0 bridgehead atoms. The normalized spacial score (nSPS) is 20.1. The van der Waals surface area contributed by atoms with Crippen LogP contribution >= 0.6 is 11.6 Å². The number of sulfone groups is 1. The maximum absolute atomic E-state index is 12.8. The molecule has 1 heterocycles. The number of rotatable bonds is 5. The number of carbonyl (C=O) groups excluding carboxylic acids is 1. The summed E-state index contributed by atoms with van der Waals surface area (Å²) in [4.78, 5) is 15.8. The van der Waals surface area contributed by atoms with E-state index in [-0.39, 0.29) is 29.9 Å². The van der Waals surface area contributed by atoms with Crippen molar-refractivity contribution in [2.45, 2.75) is 35.6 Å². The summed E-state index contributed by atoms with van der Waals surface area (Å²) in [7, 11) is -3.92. The van der Waals surface area contributed by atoms with Crippen LogP contribution in [-0.2, 0) is 27.2 Å². The molecular weight excluding hydrogens is 403 g/mol. The molecular formula is C18H15ClF3NO3S. The number of Topliss-reactive ketones (excluding diaryl/α,β-unsaturated/α-hetero) is 1. The zero-order valence-corrected chi connectivity index (χ0v) is 15.5. The van der Waals surface area contributed by atoms with E-state index in [4.69, 9.17) is 11.6 Å². The van der Waals surface area contributed by atoms with Gasteiger partial charge in [-0.05, 0) is 42.7 Å². The van der Waals surface area contributed by atoms with E-state index >= 15 is 0 Å². The summed E-state index contributed by atoms with van der Waals surface area (Å²) >= 11 is 5.82. The number of ketones is 1. The molecule has 2 aromatic rings. The van der Waals surface area contributed by atoms with Gasteiger partial charge in [0.2, 0.25) is 0 Å². The fraction of sp³-hybridized carbons (Fsp3) is 0.333. The molecule has 1 aromatic heterocycles. The first-order valence-corrected chi connectivity index (χ1v) is 10.0. The van der Waals surface area contributed by atoms with Crippen molar-refractivity contribution in [2.75, 3.05) is 0 Å². The van der Waals surface area contributed by atoms with Gasteiger partial charge in [-0.25, -0.2) is 8.42 Å². The fourth-order valence-electron chi connectivity index (χ4n) is 3.02. The zero-order chi connectivity index (χ0) is 19.8. The second-order valence-electron chi connectivity index (χ2n) is 6.52. The van der Waals surface area contributed by atoms with Gasteiger partial charge in [-0.15, -0.1) is 0 Å².